The summed E-state index contributed by atoms with van der Waals surface area (Å²) in [6.45, 7) is 5.21. The summed E-state index contributed by atoms with van der Waals surface area (Å²) in [5, 5.41) is 9.18. The van der Waals surface area contributed by atoms with E-state index in [4.69, 9.17) is 4.74 Å². The second kappa shape index (κ2) is 7.00. The van der Waals surface area contributed by atoms with Crippen LogP contribution in [-0.2, 0) is 16.1 Å². The number of nitrogens with zero attached hydrogens (tertiary/aromatic N) is 3. The van der Waals surface area contributed by atoms with Gasteiger partial charge in [-0.25, -0.2) is 0 Å². The summed E-state index contributed by atoms with van der Waals surface area (Å²) in [4.78, 5) is 13.5. The van der Waals surface area contributed by atoms with Crippen molar-refractivity contribution in [3.05, 3.63) is 24.4 Å². The van der Waals surface area contributed by atoms with Crippen LogP contribution < -0.4 is 5.32 Å². The highest BCUT2D eigenvalue weighted by Crippen LogP contribution is 2.22. The van der Waals surface area contributed by atoms with Crippen molar-refractivity contribution in [1.82, 2.24) is 14.7 Å². The fourth-order valence-corrected chi connectivity index (χ4v) is 3.13. The molecule has 3 rings (SSSR count). The molecule has 0 radical (unpaired) electrons. The Morgan fingerprint density at radius 3 is 2.87 bits per heavy atom. The Labute approximate surface area is 136 Å². The van der Waals surface area contributed by atoms with Gasteiger partial charge >= 0.3 is 5.97 Å². The van der Waals surface area contributed by atoms with Crippen molar-refractivity contribution in [2.45, 2.75) is 32.4 Å². The molecule has 0 atom stereocenters. The number of nitrogens with one attached hydrogen (secondary N) is 1. The van der Waals surface area contributed by atoms with Crippen LogP contribution in [0.3, 0.4) is 0 Å². The maximum Gasteiger partial charge on any atom is 0.319 e. The number of aryl methyl sites for hydroxylation is 1. The molecule has 6 nitrogen and oxygen atoms in total. The Kier molecular flexibility index (Phi) is 4.81. The van der Waals surface area contributed by atoms with E-state index in [2.05, 4.69) is 40.4 Å². The maximum absolute atomic E-state index is 11.3. The number of fused-ring (bicyclic) bond motifs is 1. The van der Waals surface area contributed by atoms with Gasteiger partial charge in [0.05, 0.1) is 25.4 Å². The fourth-order valence-electron chi connectivity index (χ4n) is 3.13. The van der Waals surface area contributed by atoms with Crippen LogP contribution in [0, 0.1) is 0 Å². The quantitative estimate of drug-likeness (QED) is 0.856. The maximum atomic E-state index is 11.3. The summed E-state index contributed by atoms with van der Waals surface area (Å²) in [6.07, 6.45) is 3.97. The molecule has 124 valence electrons. The first kappa shape index (κ1) is 15.8. The van der Waals surface area contributed by atoms with E-state index >= 15 is 0 Å². The number of aromatic nitrogens is 2. The molecule has 0 aliphatic carbocycles. The number of hydrogen-bond donors (Lipinski definition) is 1. The average Bonchev–Trinajstić information content (AvgIpc) is 2.99. The molecular weight excluding hydrogens is 292 g/mol. The van der Waals surface area contributed by atoms with Gasteiger partial charge < -0.3 is 10.1 Å². The molecule has 2 heterocycles. The molecule has 23 heavy (non-hydrogen) atoms. The number of anilines is 1. The van der Waals surface area contributed by atoms with Crippen LogP contribution in [0.2, 0.25) is 0 Å². The Morgan fingerprint density at radius 1 is 1.39 bits per heavy atom. The van der Waals surface area contributed by atoms with Gasteiger partial charge in [0, 0.05) is 36.7 Å². The Hall–Kier alpha value is -2.08. The minimum atomic E-state index is -0.158. The smallest absolute Gasteiger partial charge is 0.319 e. The van der Waals surface area contributed by atoms with Crippen molar-refractivity contribution in [3.8, 4) is 0 Å². The van der Waals surface area contributed by atoms with Crippen molar-refractivity contribution in [2.24, 2.45) is 0 Å². The summed E-state index contributed by atoms with van der Waals surface area (Å²) < 4.78 is 6.74. The number of hydrogen-bond acceptors (Lipinski definition) is 5. The zero-order valence-corrected chi connectivity index (χ0v) is 13.8. The number of ether oxygens (including phenoxy) is 1. The topological polar surface area (TPSA) is 59.4 Å². The van der Waals surface area contributed by atoms with Gasteiger partial charge in [0.25, 0.3) is 0 Å². The van der Waals surface area contributed by atoms with E-state index < -0.39 is 0 Å². The van der Waals surface area contributed by atoms with Crippen LogP contribution in [0.25, 0.3) is 10.9 Å². The number of carbonyl (C=O) groups is 1. The molecule has 2 aromatic rings. The van der Waals surface area contributed by atoms with Crippen molar-refractivity contribution in [1.29, 1.82) is 0 Å². The van der Waals surface area contributed by atoms with E-state index in [0.29, 0.717) is 12.6 Å². The first-order valence-corrected chi connectivity index (χ1v) is 8.21. The molecule has 6 heteroatoms. The van der Waals surface area contributed by atoms with Gasteiger partial charge in [0.15, 0.2) is 0 Å². The largest absolute Gasteiger partial charge is 0.468 e. The predicted octanol–water partition coefficient (Wildman–Crippen LogP) is 2.11. The van der Waals surface area contributed by atoms with Gasteiger partial charge in [-0.2, -0.15) is 5.10 Å². The lowest BCUT2D eigenvalue weighted by Gasteiger charge is -2.32. The Balaban J connectivity index is 1.59. The molecule has 1 aliphatic heterocycles. The molecule has 1 fully saturated rings. The van der Waals surface area contributed by atoms with Gasteiger partial charge in [-0.3, -0.25) is 14.4 Å². The van der Waals surface area contributed by atoms with E-state index in [-0.39, 0.29) is 5.97 Å². The van der Waals surface area contributed by atoms with Gasteiger partial charge in [-0.1, -0.05) is 0 Å². The summed E-state index contributed by atoms with van der Waals surface area (Å²) in [6, 6.07) is 6.85. The third-order valence-electron chi connectivity index (χ3n) is 4.48. The molecule has 0 unspecified atom stereocenters. The van der Waals surface area contributed by atoms with Crippen LogP contribution in [0.5, 0.6) is 0 Å². The Bertz CT molecular complexity index is 674. The molecular formula is C17H24N4O2. The second-order valence-electron chi connectivity index (χ2n) is 6.00. The van der Waals surface area contributed by atoms with Crippen LogP contribution in [0.15, 0.2) is 24.4 Å². The van der Waals surface area contributed by atoms with Crippen LogP contribution in [-0.4, -0.2) is 53.4 Å². The summed E-state index contributed by atoms with van der Waals surface area (Å²) >= 11 is 0. The van der Waals surface area contributed by atoms with E-state index in [1.165, 1.54) is 18.0 Å². The average molecular weight is 316 g/mol. The molecule has 0 saturated carbocycles. The van der Waals surface area contributed by atoms with Crippen LogP contribution in [0.4, 0.5) is 5.69 Å². The molecule has 0 bridgehead atoms. The highest BCUT2D eigenvalue weighted by molar-refractivity contribution is 5.82. The van der Waals surface area contributed by atoms with Crippen molar-refractivity contribution in [3.63, 3.8) is 0 Å². The number of piperidine rings is 1. The number of benzene rings is 1. The predicted molar refractivity (Wildman–Crippen MR) is 90.5 cm³/mol. The minimum Gasteiger partial charge on any atom is -0.468 e. The van der Waals surface area contributed by atoms with E-state index in [1.54, 1.807) is 0 Å². The number of carbonyl (C=O) groups excluding carboxylic acids is 1. The summed E-state index contributed by atoms with van der Waals surface area (Å²) in [7, 11) is 1.44. The first-order chi connectivity index (χ1) is 11.2. The molecule has 1 aliphatic rings. The summed E-state index contributed by atoms with van der Waals surface area (Å²) in [5.41, 5.74) is 2.31. The minimum absolute atomic E-state index is 0.158. The standard InChI is InChI=1S/C17H24N4O2/c1-3-21-16-10-15(5-4-13(16)11-18-21)19-14-6-8-20(9-7-14)12-17(22)23-2/h4-5,10-11,14,19H,3,6-9,12H2,1-2H3. The Morgan fingerprint density at radius 2 is 2.17 bits per heavy atom. The van der Waals surface area contributed by atoms with E-state index in [0.717, 1.165) is 38.2 Å². The number of methoxy groups -OCH3 is 1. The van der Waals surface area contributed by atoms with E-state index in [9.17, 15) is 4.79 Å². The fraction of sp³-hybridized carbons (Fsp3) is 0.529. The van der Waals surface area contributed by atoms with Crippen molar-refractivity contribution < 1.29 is 9.53 Å². The highest BCUT2D eigenvalue weighted by atomic mass is 16.5. The van der Waals surface area contributed by atoms with Gasteiger partial charge in [-0.05, 0) is 38.0 Å². The number of esters is 1. The van der Waals surface area contributed by atoms with Gasteiger partial charge in [-0.15, -0.1) is 0 Å². The molecule has 1 aromatic carbocycles. The first-order valence-electron chi connectivity index (χ1n) is 8.21. The lowest BCUT2D eigenvalue weighted by atomic mass is 10.0. The van der Waals surface area contributed by atoms with Gasteiger partial charge in [0.2, 0.25) is 0 Å². The van der Waals surface area contributed by atoms with Crippen LogP contribution in [0.1, 0.15) is 19.8 Å². The van der Waals surface area contributed by atoms with Crippen molar-refractivity contribution >= 4 is 22.6 Å². The molecule has 1 aromatic heterocycles. The zero-order valence-electron chi connectivity index (χ0n) is 13.8. The molecule has 0 amide bonds. The molecule has 1 N–H and O–H groups in total. The lowest BCUT2D eigenvalue weighted by Crippen LogP contribution is -2.41. The van der Waals surface area contributed by atoms with Crippen molar-refractivity contribution in [2.75, 3.05) is 32.1 Å². The SMILES string of the molecule is CCn1ncc2ccc(NC3CCN(CC(=O)OC)CC3)cc21. The van der Waals surface area contributed by atoms with Crippen LogP contribution >= 0.6 is 0 Å². The summed E-state index contributed by atoms with van der Waals surface area (Å²) in [5.74, 6) is -0.158. The monoisotopic (exact) mass is 316 g/mol. The van der Waals surface area contributed by atoms with E-state index in [1.807, 2.05) is 10.9 Å². The number of likely N-dealkylation sites (tertiary alicyclic amines) is 1. The molecule has 0 spiro atoms. The lowest BCUT2D eigenvalue weighted by molar-refractivity contribution is -0.142. The zero-order chi connectivity index (χ0) is 16.2. The third-order valence-corrected chi connectivity index (χ3v) is 4.48. The number of rotatable bonds is 5. The highest BCUT2D eigenvalue weighted by Gasteiger charge is 2.21. The molecule has 1 saturated heterocycles. The van der Waals surface area contributed by atoms with Gasteiger partial charge in [0.1, 0.15) is 0 Å². The normalized spacial score (nSPS) is 16.6. The second-order valence-corrected chi connectivity index (χ2v) is 6.00. The third kappa shape index (κ3) is 3.64.